The number of ether oxygens (including phenoxy) is 1. The second-order valence-electron chi connectivity index (χ2n) is 6.90. The lowest BCUT2D eigenvalue weighted by Gasteiger charge is -2.19. The number of aryl methyl sites for hydroxylation is 1. The maximum absolute atomic E-state index is 11.9. The highest BCUT2D eigenvalue weighted by atomic mass is 16.6. The van der Waals surface area contributed by atoms with Crippen LogP contribution < -0.4 is 0 Å². The van der Waals surface area contributed by atoms with E-state index in [4.69, 9.17) is 9.26 Å². The molecule has 23 heavy (non-hydrogen) atoms. The summed E-state index contributed by atoms with van der Waals surface area (Å²) in [5, 5.41) is 3.96. The number of hydrogen-bond donors (Lipinski definition) is 0. The Morgan fingerprint density at radius 3 is 2.48 bits per heavy atom. The van der Waals surface area contributed by atoms with E-state index in [-0.39, 0.29) is 6.42 Å². The van der Waals surface area contributed by atoms with Crippen molar-refractivity contribution < 1.29 is 14.1 Å². The molecule has 0 atom stereocenters. The summed E-state index contributed by atoms with van der Waals surface area (Å²) in [6.07, 6.45) is 8.42. The summed E-state index contributed by atoms with van der Waals surface area (Å²) in [5.41, 5.74) is -0.202. The standard InChI is InChI=1S/C18H30N2O3/c1-6-7-8-9-10-11-12-15-19-16(23-20-15)13-14(2)17(21)22-18(3,4)5/h2,6-13H2,1,3-5H3. The minimum absolute atomic E-state index is 0.235. The van der Waals surface area contributed by atoms with Crippen molar-refractivity contribution in [3.8, 4) is 0 Å². The molecular formula is C18H30N2O3. The van der Waals surface area contributed by atoms with Crippen LogP contribution in [0.15, 0.2) is 16.7 Å². The van der Waals surface area contributed by atoms with Gasteiger partial charge in [0.1, 0.15) is 5.60 Å². The van der Waals surface area contributed by atoms with Crippen LogP contribution in [-0.4, -0.2) is 21.7 Å². The van der Waals surface area contributed by atoms with E-state index in [9.17, 15) is 4.79 Å². The van der Waals surface area contributed by atoms with Crippen molar-refractivity contribution in [3.05, 3.63) is 23.9 Å². The van der Waals surface area contributed by atoms with Crippen LogP contribution in [0.5, 0.6) is 0 Å². The van der Waals surface area contributed by atoms with Gasteiger partial charge >= 0.3 is 5.97 Å². The van der Waals surface area contributed by atoms with Gasteiger partial charge in [-0.05, 0) is 27.2 Å². The zero-order valence-corrected chi connectivity index (χ0v) is 15.0. The molecule has 5 nitrogen and oxygen atoms in total. The molecule has 5 heteroatoms. The molecule has 0 aromatic carbocycles. The SMILES string of the molecule is C=C(Cc1nc(CCCCCCCC)no1)C(=O)OC(C)(C)C. The van der Waals surface area contributed by atoms with Crippen LogP contribution in [0.3, 0.4) is 0 Å². The highest BCUT2D eigenvalue weighted by Crippen LogP contribution is 2.14. The van der Waals surface area contributed by atoms with Gasteiger partial charge in [0.05, 0.1) is 6.42 Å². The third-order valence-electron chi connectivity index (χ3n) is 3.32. The summed E-state index contributed by atoms with van der Waals surface area (Å²) in [5.74, 6) is 0.697. The lowest BCUT2D eigenvalue weighted by Crippen LogP contribution is -2.25. The van der Waals surface area contributed by atoms with Gasteiger partial charge in [-0.15, -0.1) is 0 Å². The summed E-state index contributed by atoms with van der Waals surface area (Å²) in [4.78, 5) is 16.2. The summed E-state index contributed by atoms with van der Waals surface area (Å²) in [6.45, 7) is 11.4. The molecule has 0 spiro atoms. The van der Waals surface area contributed by atoms with E-state index in [1.54, 1.807) is 0 Å². The zero-order chi connectivity index (χ0) is 17.3. The monoisotopic (exact) mass is 322 g/mol. The minimum atomic E-state index is -0.530. The van der Waals surface area contributed by atoms with E-state index < -0.39 is 11.6 Å². The molecule has 0 aliphatic heterocycles. The van der Waals surface area contributed by atoms with Gasteiger partial charge in [-0.1, -0.05) is 50.8 Å². The van der Waals surface area contributed by atoms with Crippen LogP contribution in [0.2, 0.25) is 0 Å². The molecule has 0 saturated carbocycles. The molecule has 0 unspecified atom stereocenters. The van der Waals surface area contributed by atoms with Gasteiger partial charge in [0, 0.05) is 12.0 Å². The molecule has 0 radical (unpaired) electrons. The normalized spacial score (nSPS) is 11.5. The summed E-state index contributed by atoms with van der Waals surface area (Å²) >= 11 is 0. The average molecular weight is 322 g/mol. The predicted octanol–water partition coefficient (Wildman–Crippen LogP) is 4.41. The maximum atomic E-state index is 11.9. The van der Waals surface area contributed by atoms with Crippen molar-refractivity contribution in [2.45, 2.75) is 84.7 Å². The number of aromatic nitrogens is 2. The van der Waals surface area contributed by atoms with E-state index in [0.717, 1.165) is 12.8 Å². The number of esters is 1. The van der Waals surface area contributed by atoms with Crippen molar-refractivity contribution >= 4 is 5.97 Å². The third kappa shape index (κ3) is 8.53. The van der Waals surface area contributed by atoms with Gasteiger partial charge < -0.3 is 9.26 Å². The summed E-state index contributed by atoms with van der Waals surface area (Å²) in [6, 6.07) is 0. The minimum Gasteiger partial charge on any atom is -0.457 e. The lowest BCUT2D eigenvalue weighted by molar-refractivity contribution is -0.150. The Hall–Kier alpha value is -1.65. The summed E-state index contributed by atoms with van der Waals surface area (Å²) in [7, 11) is 0. The van der Waals surface area contributed by atoms with Crippen molar-refractivity contribution in [2.24, 2.45) is 0 Å². The van der Waals surface area contributed by atoms with Crippen LogP contribution in [0, 0.1) is 0 Å². The molecule has 0 aliphatic rings. The molecule has 1 aromatic heterocycles. The van der Waals surface area contributed by atoms with Gasteiger partial charge in [0.15, 0.2) is 5.82 Å². The molecule has 0 amide bonds. The molecule has 130 valence electrons. The Bertz CT molecular complexity index is 501. The maximum Gasteiger partial charge on any atom is 0.334 e. The quantitative estimate of drug-likeness (QED) is 0.362. The van der Waals surface area contributed by atoms with E-state index in [2.05, 4.69) is 23.6 Å². The molecule has 0 bridgehead atoms. The smallest absolute Gasteiger partial charge is 0.334 e. The van der Waals surface area contributed by atoms with E-state index in [1.807, 2.05) is 20.8 Å². The third-order valence-corrected chi connectivity index (χ3v) is 3.32. The number of nitrogens with zero attached hydrogens (tertiary/aromatic N) is 2. The molecule has 0 N–H and O–H groups in total. The predicted molar refractivity (Wildman–Crippen MR) is 90.1 cm³/mol. The zero-order valence-electron chi connectivity index (χ0n) is 15.0. The molecular weight excluding hydrogens is 292 g/mol. The number of rotatable bonds is 10. The lowest BCUT2D eigenvalue weighted by atomic mass is 10.1. The second-order valence-corrected chi connectivity index (χ2v) is 6.90. The molecule has 1 aromatic rings. The van der Waals surface area contributed by atoms with Crippen LogP contribution in [-0.2, 0) is 22.4 Å². The molecule has 0 aliphatic carbocycles. The van der Waals surface area contributed by atoms with E-state index >= 15 is 0 Å². The Morgan fingerprint density at radius 2 is 1.83 bits per heavy atom. The first-order valence-corrected chi connectivity index (χ1v) is 8.54. The Labute approximate surface area is 139 Å². The van der Waals surface area contributed by atoms with Crippen molar-refractivity contribution in [1.82, 2.24) is 10.1 Å². The van der Waals surface area contributed by atoms with Crippen LogP contribution >= 0.6 is 0 Å². The fourth-order valence-electron chi connectivity index (χ4n) is 2.13. The van der Waals surface area contributed by atoms with Gasteiger partial charge in [0.25, 0.3) is 0 Å². The van der Waals surface area contributed by atoms with Crippen molar-refractivity contribution in [1.29, 1.82) is 0 Å². The number of hydrogen-bond acceptors (Lipinski definition) is 5. The molecule has 0 saturated heterocycles. The fourth-order valence-corrected chi connectivity index (χ4v) is 2.13. The van der Waals surface area contributed by atoms with Gasteiger partial charge in [0.2, 0.25) is 5.89 Å². The highest BCUT2D eigenvalue weighted by molar-refractivity contribution is 5.88. The van der Waals surface area contributed by atoms with Gasteiger partial charge in [-0.25, -0.2) is 4.79 Å². The molecule has 1 rings (SSSR count). The van der Waals surface area contributed by atoms with E-state index in [1.165, 1.54) is 32.1 Å². The number of carbonyl (C=O) groups is 1. The Balaban J connectivity index is 2.33. The number of unbranched alkanes of at least 4 members (excludes halogenated alkanes) is 5. The van der Waals surface area contributed by atoms with Crippen molar-refractivity contribution in [2.75, 3.05) is 0 Å². The number of carbonyl (C=O) groups excluding carboxylic acids is 1. The van der Waals surface area contributed by atoms with Crippen molar-refractivity contribution in [3.63, 3.8) is 0 Å². The fraction of sp³-hybridized carbons (Fsp3) is 0.722. The Morgan fingerprint density at radius 1 is 1.17 bits per heavy atom. The first-order valence-electron chi connectivity index (χ1n) is 8.54. The second kappa shape index (κ2) is 9.48. The average Bonchev–Trinajstić information content (AvgIpc) is 2.88. The largest absolute Gasteiger partial charge is 0.457 e. The topological polar surface area (TPSA) is 65.2 Å². The first-order chi connectivity index (χ1) is 10.8. The van der Waals surface area contributed by atoms with E-state index in [0.29, 0.717) is 17.3 Å². The highest BCUT2D eigenvalue weighted by Gasteiger charge is 2.20. The molecule has 0 fully saturated rings. The van der Waals surface area contributed by atoms with Crippen LogP contribution in [0.25, 0.3) is 0 Å². The first kappa shape index (κ1) is 19.4. The summed E-state index contributed by atoms with van der Waals surface area (Å²) < 4.78 is 10.4. The van der Waals surface area contributed by atoms with Crippen LogP contribution in [0.4, 0.5) is 0 Å². The van der Waals surface area contributed by atoms with Gasteiger partial charge in [-0.2, -0.15) is 4.98 Å². The van der Waals surface area contributed by atoms with Gasteiger partial charge in [-0.3, -0.25) is 0 Å². The van der Waals surface area contributed by atoms with Crippen LogP contribution in [0.1, 0.15) is 77.9 Å². The molecule has 1 heterocycles. The Kier molecular flexibility index (Phi) is 8.00.